The number of carbonyl (C=O) groups excluding carboxylic acids is 1. The Morgan fingerprint density at radius 1 is 1.08 bits per heavy atom. The average molecular weight is 500 g/mol. The van der Waals surface area contributed by atoms with Crippen LogP contribution in [0, 0.1) is 26.2 Å². The van der Waals surface area contributed by atoms with Crippen molar-refractivity contribution >= 4 is 39.8 Å². The minimum absolute atomic E-state index is 0.00218. The van der Waals surface area contributed by atoms with Gasteiger partial charge in [-0.1, -0.05) is 18.2 Å². The third kappa shape index (κ3) is 4.33. The zero-order valence-electron chi connectivity index (χ0n) is 20.4. The van der Waals surface area contributed by atoms with Crippen LogP contribution in [0.25, 0.3) is 11.8 Å². The van der Waals surface area contributed by atoms with Gasteiger partial charge in [0.05, 0.1) is 12.7 Å². The lowest BCUT2D eigenvalue weighted by Gasteiger charge is -2.20. The number of nitrogens with zero attached hydrogens (tertiary/aromatic N) is 4. The van der Waals surface area contributed by atoms with E-state index in [-0.39, 0.29) is 18.0 Å². The van der Waals surface area contributed by atoms with Crippen LogP contribution in [0.5, 0.6) is 11.5 Å². The summed E-state index contributed by atoms with van der Waals surface area (Å²) in [6.07, 6.45) is 1.72. The Kier molecular flexibility index (Phi) is 6.24. The Morgan fingerprint density at radius 3 is 2.56 bits per heavy atom. The predicted molar refractivity (Wildman–Crippen MR) is 143 cm³/mol. The predicted octanol–water partition coefficient (Wildman–Crippen LogP) is 5.11. The highest BCUT2D eigenvalue weighted by molar-refractivity contribution is 8.27. The minimum Gasteiger partial charge on any atom is -0.497 e. The molecule has 1 N–H and O–H groups in total. The van der Waals surface area contributed by atoms with Crippen LogP contribution in [0.4, 0.5) is 0 Å². The highest BCUT2D eigenvalue weighted by Crippen LogP contribution is 2.30. The number of amidine groups is 2. The molecular formula is C27H25N5O3S. The first-order valence-corrected chi connectivity index (χ1v) is 12.2. The second-order valence-electron chi connectivity index (χ2n) is 8.43. The van der Waals surface area contributed by atoms with Crippen LogP contribution in [-0.4, -0.2) is 45.2 Å². The third-order valence-corrected chi connectivity index (χ3v) is 6.92. The average Bonchev–Trinajstić information content (AvgIpc) is 3.40. The summed E-state index contributed by atoms with van der Waals surface area (Å²) in [4.78, 5) is 17.1. The first kappa shape index (κ1) is 23.6. The SMILES string of the molecule is COc1ccc(-n2c(C)cc(/C=C3\C(=N)N4N=C(COc5ccccc5C)SC4=NC3=O)c2C)cc1. The van der Waals surface area contributed by atoms with E-state index < -0.39 is 5.91 Å². The van der Waals surface area contributed by atoms with E-state index in [0.717, 1.165) is 39.7 Å². The lowest BCUT2D eigenvalue weighted by Crippen LogP contribution is -2.35. The molecule has 0 saturated heterocycles. The number of rotatable bonds is 6. The van der Waals surface area contributed by atoms with Crippen molar-refractivity contribution in [3.8, 4) is 17.2 Å². The zero-order chi connectivity index (χ0) is 25.4. The largest absolute Gasteiger partial charge is 0.497 e. The van der Waals surface area contributed by atoms with Crippen molar-refractivity contribution in [2.24, 2.45) is 10.1 Å². The van der Waals surface area contributed by atoms with Gasteiger partial charge in [-0.05, 0) is 86.1 Å². The Balaban J connectivity index is 1.39. The normalized spacial score (nSPS) is 16.2. The number of para-hydroxylation sites is 1. The van der Waals surface area contributed by atoms with Gasteiger partial charge >= 0.3 is 0 Å². The van der Waals surface area contributed by atoms with Crippen molar-refractivity contribution in [1.82, 2.24) is 9.58 Å². The topological polar surface area (TPSA) is 92.3 Å². The molecule has 0 atom stereocenters. The number of benzene rings is 2. The fourth-order valence-corrected chi connectivity index (χ4v) is 4.96. The Bertz CT molecular complexity index is 1470. The number of hydrogen-bond donors (Lipinski definition) is 1. The van der Waals surface area contributed by atoms with Crippen molar-refractivity contribution in [3.05, 3.63) is 82.7 Å². The number of aryl methyl sites for hydroxylation is 2. The Morgan fingerprint density at radius 2 is 1.83 bits per heavy atom. The summed E-state index contributed by atoms with van der Waals surface area (Å²) < 4.78 is 13.2. The Hall–Kier alpha value is -4.11. The summed E-state index contributed by atoms with van der Waals surface area (Å²) in [6, 6.07) is 17.5. The van der Waals surface area contributed by atoms with Crippen LogP contribution in [0.15, 0.2) is 70.3 Å². The lowest BCUT2D eigenvalue weighted by atomic mass is 10.1. The van der Waals surface area contributed by atoms with Gasteiger partial charge in [-0.15, -0.1) is 0 Å². The maximum absolute atomic E-state index is 12.9. The summed E-state index contributed by atoms with van der Waals surface area (Å²) in [6.45, 7) is 6.20. The molecule has 0 bridgehead atoms. The minimum atomic E-state index is -0.454. The number of methoxy groups -OCH3 is 1. The molecule has 3 aromatic rings. The quantitative estimate of drug-likeness (QED) is 0.476. The molecule has 0 unspecified atom stereocenters. The number of hydrazone groups is 1. The molecule has 2 aliphatic rings. The van der Waals surface area contributed by atoms with E-state index >= 15 is 0 Å². The molecule has 1 amide bonds. The van der Waals surface area contributed by atoms with Crippen molar-refractivity contribution < 1.29 is 14.3 Å². The smallest absolute Gasteiger partial charge is 0.283 e. The van der Waals surface area contributed by atoms with Gasteiger partial charge in [0, 0.05) is 17.1 Å². The van der Waals surface area contributed by atoms with Gasteiger partial charge < -0.3 is 14.0 Å². The molecule has 0 fully saturated rings. The molecule has 0 spiro atoms. The molecule has 0 radical (unpaired) electrons. The third-order valence-electron chi connectivity index (χ3n) is 6.04. The molecule has 3 heterocycles. The van der Waals surface area contributed by atoms with Crippen molar-refractivity contribution in [2.45, 2.75) is 20.8 Å². The van der Waals surface area contributed by atoms with Crippen LogP contribution >= 0.6 is 11.8 Å². The van der Waals surface area contributed by atoms with E-state index in [2.05, 4.69) is 14.7 Å². The van der Waals surface area contributed by atoms with Crippen LogP contribution in [0.2, 0.25) is 0 Å². The van der Waals surface area contributed by atoms with Crippen LogP contribution < -0.4 is 9.47 Å². The summed E-state index contributed by atoms with van der Waals surface area (Å²) >= 11 is 1.24. The second-order valence-corrected chi connectivity index (χ2v) is 9.47. The number of aromatic nitrogens is 1. The van der Waals surface area contributed by atoms with Gasteiger partial charge in [-0.25, -0.2) is 0 Å². The fraction of sp³-hybridized carbons (Fsp3) is 0.185. The van der Waals surface area contributed by atoms with Gasteiger partial charge in [0.25, 0.3) is 5.91 Å². The number of nitrogens with one attached hydrogen (secondary N) is 1. The van der Waals surface area contributed by atoms with Gasteiger partial charge in [0.2, 0.25) is 5.17 Å². The van der Waals surface area contributed by atoms with E-state index in [9.17, 15) is 4.79 Å². The summed E-state index contributed by atoms with van der Waals surface area (Å²) in [5.74, 6) is 1.10. The Labute approximate surface area is 213 Å². The molecule has 0 aliphatic carbocycles. The maximum atomic E-state index is 12.9. The highest BCUT2D eigenvalue weighted by atomic mass is 32.2. The van der Waals surface area contributed by atoms with Crippen molar-refractivity contribution in [2.75, 3.05) is 13.7 Å². The van der Waals surface area contributed by atoms with Gasteiger partial charge in [0.1, 0.15) is 23.1 Å². The molecule has 2 aromatic carbocycles. The second kappa shape index (κ2) is 9.50. The highest BCUT2D eigenvalue weighted by Gasteiger charge is 2.36. The number of amides is 1. The summed E-state index contributed by atoms with van der Waals surface area (Å²) in [7, 11) is 1.64. The molecule has 182 valence electrons. The van der Waals surface area contributed by atoms with Crippen molar-refractivity contribution in [1.29, 1.82) is 5.41 Å². The van der Waals surface area contributed by atoms with E-state index in [0.29, 0.717) is 10.2 Å². The van der Waals surface area contributed by atoms with E-state index in [1.807, 2.05) is 75.4 Å². The molecule has 2 aliphatic heterocycles. The van der Waals surface area contributed by atoms with E-state index in [1.54, 1.807) is 13.2 Å². The molecule has 0 saturated carbocycles. The van der Waals surface area contributed by atoms with Crippen LogP contribution in [0.3, 0.4) is 0 Å². The maximum Gasteiger partial charge on any atom is 0.283 e. The van der Waals surface area contributed by atoms with Gasteiger partial charge in [0.15, 0.2) is 5.84 Å². The molecule has 1 aromatic heterocycles. The number of aliphatic imine (C=N–C) groups is 1. The zero-order valence-corrected chi connectivity index (χ0v) is 21.2. The number of thioether (sulfide) groups is 1. The van der Waals surface area contributed by atoms with Crippen LogP contribution in [0.1, 0.15) is 22.5 Å². The van der Waals surface area contributed by atoms with E-state index in [4.69, 9.17) is 14.9 Å². The molecule has 5 rings (SSSR count). The first-order chi connectivity index (χ1) is 17.4. The summed E-state index contributed by atoms with van der Waals surface area (Å²) in [5, 5.41) is 15.6. The molecule has 9 heteroatoms. The van der Waals surface area contributed by atoms with Crippen molar-refractivity contribution in [3.63, 3.8) is 0 Å². The van der Waals surface area contributed by atoms with E-state index in [1.165, 1.54) is 16.8 Å². The molecular weight excluding hydrogens is 474 g/mol. The number of fused-ring (bicyclic) bond motifs is 1. The summed E-state index contributed by atoms with van der Waals surface area (Å²) in [5.41, 5.74) is 5.00. The number of carbonyl (C=O) groups is 1. The van der Waals surface area contributed by atoms with Crippen LogP contribution in [-0.2, 0) is 4.79 Å². The standard InChI is InChI=1S/C27H25N5O3S/c1-16-7-5-6-8-23(16)35-15-24-30-32-25(28)22(26(33)29-27(32)36-24)14-19-13-17(2)31(18(19)3)20-9-11-21(34-4)12-10-20/h5-14,28H,15H2,1-4H3/b22-14+,28-25?. The lowest BCUT2D eigenvalue weighted by molar-refractivity contribution is -0.114. The number of ether oxygens (including phenoxy) is 2. The van der Waals surface area contributed by atoms with Gasteiger partial charge in [-0.2, -0.15) is 15.1 Å². The fourth-order valence-electron chi connectivity index (χ4n) is 4.17. The molecule has 8 nitrogen and oxygen atoms in total. The molecule has 36 heavy (non-hydrogen) atoms. The number of hydrogen-bond acceptors (Lipinski definition) is 6. The first-order valence-electron chi connectivity index (χ1n) is 11.4. The van der Waals surface area contributed by atoms with Gasteiger partial charge in [-0.3, -0.25) is 10.2 Å². The monoisotopic (exact) mass is 499 g/mol.